The molecular weight excluding hydrogens is 190 g/mol. The molecule has 0 atom stereocenters. The molecule has 0 amide bonds. The van der Waals surface area contributed by atoms with Gasteiger partial charge in [-0.05, 0) is 30.5 Å². The Morgan fingerprint density at radius 2 is 2.27 bits per heavy atom. The number of aryl methyl sites for hydroxylation is 2. The van der Waals surface area contributed by atoms with Crippen LogP contribution in [-0.2, 0) is 11.2 Å². The van der Waals surface area contributed by atoms with Crippen molar-refractivity contribution in [1.82, 2.24) is 0 Å². The van der Waals surface area contributed by atoms with E-state index in [-0.39, 0.29) is 5.97 Å². The smallest absolute Gasteiger partial charge is 0.338 e. The first kappa shape index (κ1) is 11.3. The summed E-state index contributed by atoms with van der Waals surface area (Å²) in [6.07, 6.45) is 1.13. The number of rotatable bonds is 3. The molecule has 78 valence electrons. The second kappa shape index (κ2) is 5.16. The van der Waals surface area contributed by atoms with Gasteiger partial charge in [-0.25, -0.2) is 4.79 Å². The Hall–Kier alpha value is -1.82. The van der Waals surface area contributed by atoms with Gasteiger partial charge in [0.1, 0.15) is 0 Å². The number of methoxy groups -OCH3 is 1. The lowest BCUT2D eigenvalue weighted by Crippen LogP contribution is -2.04. The van der Waals surface area contributed by atoms with Gasteiger partial charge < -0.3 is 4.74 Å². The highest BCUT2D eigenvalue weighted by Crippen LogP contribution is 2.13. The van der Waals surface area contributed by atoms with Crippen molar-refractivity contribution in [2.24, 2.45) is 0 Å². The second-order valence-electron chi connectivity index (χ2n) is 3.30. The Bertz CT molecular complexity index is 405. The predicted octanol–water partition coefficient (Wildman–Crippen LogP) is 2.24. The van der Waals surface area contributed by atoms with Crippen molar-refractivity contribution in [3.05, 3.63) is 34.9 Å². The highest BCUT2D eigenvalue weighted by molar-refractivity contribution is 5.91. The molecule has 0 bridgehead atoms. The number of carbonyl (C=O) groups excluding carboxylic acids is 1. The zero-order valence-electron chi connectivity index (χ0n) is 8.91. The van der Waals surface area contributed by atoms with Crippen molar-refractivity contribution in [2.45, 2.75) is 19.8 Å². The fraction of sp³-hybridized carbons (Fsp3) is 0.333. The van der Waals surface area contributed by atoms with E-state index in [1.807, 2.05) is 19.1 Å². The van der Waals surface area contributed by atoms with Crippen molar-refractivity contribution in [1.29, 1.82) is 5.26 Å². The van der Waals surface area contributed by atoms with Crippen molar-refractivity contribution in [2.75, 3.05) is 7.11 Å². The fourth-order valence-corrected chi connectivity index (χ4v) is 1.35. The van der Waals surface area contributed by atoms with Crippen LogP contribution >= 0.6 is 0 Å². The highest BCUT2D eigenvalue weighted by Gasteiger charge is 2.09. The molecule has 1 aromatic carbocycles. The van der Waals surface area contributed by atoms with Crippen LogP contribution in [0.1, 0.15) is 27.9 Å². The Morgan fingerprint density at radius 3 is 2.87 bits per heavy atom. The summed E-state index contributed by atoms with van der Waals surface area (Å²) in [6.45, 7) is 1.86. The summed E-state index contributed by atoms with van der Waals surface area (Å²) in [6, 6.07) is 7.67. The summed E-state index contributed by atoms with van der Waals surface area (Å²) >= 11 is 0. The van der Waals surface area contributed by atoms with E-state index in [0.717, 1.165) is 11.1 Å². The van der Waals surface area contributed by atoms with Crippen LogP contribution in [0.3, 0.4) is 0 Å². The zero-order chi connectivity index (χ0) is 11.3. The molecule has 0 aromatic heterocycles. The average molecular weight is 203 g/mol. The van der Waals surface area contributed by atoms with Crippen LogP contribution in [0.4, 0.5) is 0 Å². The van der Waals surface area contributed by atoms with Crippen molar-refractivity contribution >= 4 is 5.97 Å². The Labute approximate surface area is 89.3 Å². The third kappa shape index (κ3) is 2.81. The molecule has 15 heavy (non-hydrogen) atoms. The zero-order valence-corrected chi connectivity index (χ0v) is 8.91. The molecule has 0 N–H and O–H groups in total. The molecule has 0 fully saturated rings. The van der Waals surface area contributed by atoms with Crippen molar-refractivity contribution in [3.63, 3.8) is 0 Å². The highest BCUT2D eigenvalue weighted by atomic mass is 16.5. The van der Waals surface area contributed by atoms with E-state index in [4.69, 9.17) is 5.26 Å². The molecule has 0 radical (unpaired) electrons. The molecular formula is C12H13NO2. The van der Waals surface area contributed by atoms with Gasteiger partial charge in [-0.15, -0.1) is 0 Å². The molecule has 1 aromatic rings. The average Bonchev–Trinajstić information content (AvgIpc) is 2.27. The Balaban J connectivity index is 2.96. The van der Waals surface area contributed by atoms with Crippen LogP contribution < -0.4 is 0 Å². The summed E-state index contributed by atoms with van der Waals surface area (Å²) < 4.78 is 4.67. The maximum Gasteiger partial charge on any atom is 0.338 e. The number of hydrogen-bond donors (Lipinski definition) is 0. The first-order valence-electron chi connectivity index (χ1n) is 4.74. The first-order chi connectivity index (χ1) is 7.19. The molecule has 1 rings (SSSR count). The molecule has 0 aliphatic rings. The van der Waals surface area contributed by atoms with Crippen molar-refractivity contribution in [3.8, 4) is 6.07 Å². The van der Waals surface area contributed by atoms with Gasteiger partial charge in [0.15, 0.2) is 0 Å². The maximum absolute atomic E-state index is 11.4. The Kier molecular flexibility index (Phi) is 3.87. The van der Waals surface area contributed by atoms with Gasteiger partial charge in [0.2, 0.25) is 0 Å². The molecule has 3 heteroatoms. The number of hydrogen-bond acceptors (Lipinski definition) is 3. The molecule has 0 spiro atoms. The summed E-state index contributed by atoms with van der Waals surface area (Å²) in [7, 11) is 1.36. The lowest BCUT2D eigenvalue weighted by molar-refractivity contribution is 0.0600. The SMILES string of the molecule is COC(=O)c1cc(CCC#N)ccc1C. The summed E-state index contributed by atoms with van der Waals surface area (Å²) in [5, 5.41) is 8.47. The second-order valence-corrected chi connectivity index (χ2v) is 3.30. The van der Waals surface area contributed by atoms with Gasteiger partial charge in [-0.1, -0.05) is 12.1 Å². The molecule has 0 aliphatic heterocycles. The van der Waals surface area contributed by atoms with E-state index >= 15 is 0 Å². The van der Waals surface area contributed by atoms with Crippen LogP contribution in [0.25, 0.3) is 0 Å². The number of nitrogens with zero attached hydrogens (tertiary/aromatic N) is 1. The number of ether oxygens (including phenoxy) is 1. The topological polar surface area (TPSA) is 50.1 Å². The normalized spacial score (nSPS) is 9.40. The van der Waals surface area contributed by atoms with E-state index in [2.05, 4.69) is 10.8 Å². The van der Waals surface area contributed by atoms with Gasteiger partial charge in [0, 0.05) is 6.42 Å². The van der Waals surface area contributed by atoms with E-state index < -0.39 is 0 Å². The standard InChI is InChI=1S/C12H13NO2/c1-9-5-6-10(4-3-7-13)8-11(9)12(14)15-2/h5-6,8H,3-4H2,1-2H3. The lowest BCUT2D eigenvalue weighted by Gasteiger charge is -2.05. The van der Waals surface area contributed by atoms with Crippen molar-refractivity contribution < 1.29 is 9.53 Å². The van der Waals surface area contributed by atoms with Gasteiger partial charge >= 0.3 is 5.97 Å². The molecule has 0 unspecified atom stereocenters. The largest absolute Gasteiger partial charge is 0.465 e. The van der Waals surface area contributed by atoms with Gasteiger partial charge in [-0.2, -0.15) is 5.26 Å². The van der Waals surface area contributed by atoms with Gasteiger partial charge in [0.05, 0.1) is 18.7 Å². The minimum Gasteiger partial charge on any atom is -0.465 e. The van der Waals surface area contributed by atoms with Crippen LogP contribution in [0, 0.1) is 18.3 Å². The minimum atomic E-state index is -0.327. The predicted molar refractivity (Wildman–Crippen MR) is 56.5 cm³/mol. The third-order valence-corrected chi connectivity index (χ3v) is 2.23. The van der Waals surface area contributed by atoms with E-state index in [0.29, 0.717) is 18.4 Å². The fourth-order valence-electron chi connectivity index (χ4n) is 1.35. The first-order valence-corrected chi connectivity index (χ1v) is 4.74. The summed E-state index contributed by atoms with van der Waals surface area (Å²) in [5.41, 5.74) is 2.46. The number of carbonyl (C=O) groups is 1. The summed E-state index contributed by atoms with van der Waals surface area (Å²) in [4.78, 5) is 11.4. The summed E-state index contributed by atoms with van der Waals surface area (Å²) in [5.74, 6) is -0.327. The van der Waals surface area contributed by atoms with Crippen LogP contribution in [-0.4, -0.2) is 13.1 Å². The monoisotopic (exact) mass is 203 g/mol. The maximum atomic E-state index is 11.4. The van der Waals surface area contributed by atoms with E-state index in [1.54, 1.807) is 6.07 Å². The molecule has 0 saturated carbocycles. The number of benzene rings is 1. The van der Waals surface area contributed by atoms with Gasteiger partial charge in [0.25, 0.3) is 0 Å². The minimum absolute atomic E-state index is 0.327. The lowest BCUT2D eigenvalue weighted by atomic mass is 10.0. The van der Waals surface area contributed by atoms with Crippen LogP contribution in [0.2, 0.25) is 0 Å². The van der Waals surface area contributed by atoms with Gasteiger partial charge in [-0.3, -0.25) is 0 Å². The van der Waals surface area contributed by atoms with E-state index in [9.17, 15) is 4.79 Å². The number of esters is 1. The van der Waals surface area contributed by atoms with Crippen LogP contribution in [0.15, 0.2) is 18.2 Å². The molecule has 0 heterocycles. The number of nitriles is 1. The quantitative estimate of drug-likeness (QED) is 0.708. The molecule has 0 aliphatic carbocycles. The van der Waals surface area contributed by atoms with Crippen LogP contribution in [0.5, 0.6) is 0 Å². The Morgan fingerprint density at radius 1 is 1.53 bits per heavy atom. The van der Waals surface area contributed by atoms with E-state index in [1.165, 1.54) is 7.11 Å². The molecule has 0 saturated heterocycles. The third-order valence-electron chi connectivity index (χ3n) is 2.23. The molecule has 3 nitrogen and oxygen atoms in total.